The van der Waals surface area contributed by atoms with Crippen molar-refractivity contribution in [1.29, 1.82) is 0 Å². The van der Waals surface area contributed by atoms with Crippen LogP contribution in [0, 0.1) is 5.92 Å². The number of sulfonamides is 1. The van der Waals surface area contributed by atoms with Crippen molar-refractivity contribution >= 4 is 27.6 Å². The number of carboxylic acid groups (broad SMARTS) is 1. The summed E-state index contributed by atoms with van der Waals surface area (Å²) in [6, 6.07) is 3.54. The maximum atomic E-state index is 12.1. The van der Waals surface area contributed by atoms with Crippen molar-refractivity contribution in [2.24, 2.45) is 5.92 Å². The van der Waals surface area contributed by atoms with Crippen LogP contribution < -0.4 is 4.72 Å². The Bertz CT molecular complexity index is 608. The molecule has 0 bridgehead atoms. The van der Waals surface area contributed by atoms with Gasteiger partial charge in [0.1, 0.15) is 4.90 Å². The van der Waals surface area contributed by atoms with E-state index in [-0.39, 0.29) is 21.5 Å². The molecule has 0 aromatic heterocycles. The minimum atomic E-state index is -3.78. The Morgan fingerprint density at radius 3 is 2.58 bits per heavy atom. The number of carboxylic acids is 1. The third kappa shape index (κ3) is 3.08. The van der Waals surface area contributed by atoms with Gasteiger partial charge in [-0.1, -0.05) is 18.5 Å². The first-order valence-electron chi connectivity index (χ1n) is 5.85. The molecule has 2 rings (SSSR count). The Morgan fingerprint density at radius 2 is 2.05 bits per heavy atom. The van der Waals surface area contributed by atoms with Crippen LogP contribution in [-0.4, -0.2) is 25.5 Å². The number of rotatable bonds is 4. The highest BCUT2D eigenvalue weighted by molar-refractivity contribution is 7.89. The number of carbonyl (C=O) groups is 1. The van der Waals surface area contributed by atoms with Gasteiger partial charge in [0.15, 0.2) is 0 Å². The highest BCUT2D eigenvalue weighted by Crippen LogP contribution is 2.29. The molecule has 1 aromatic carbocycles. The normalized spacial score (nSPS) is 22.8. The van der Waals surface area contributed by atoms with E-state index in [0.29, 0.717) is 5.92 Å². The molecule has 0 atom stereocenters. The van der Waals surface area contributed by atoms with Gasteiger partial charge in [-0.3, -0.25) is 0 Å². The van der Waals surface area contributed by atoms with Crippen LogP contribution in [0.4, 0.5) is 0 Å². The summed E-state index contributed by atoms with van der Waals surface area (Å²) in [6.45, 7) is 2.04. The second kappa shape index (κ2) is 5.11. The summed E-state index contributed by atoms with van der Waals surface area (Å²) >= 11 is 5.85. The predicted molar refractivity (Wildman–Crippen MR) is 70.9 cm³/mol. The lowest BCUT2D eigenvalue weighted by Crippen LogP contribution is -2.43. The molecule has 1 saturated carbocycles. The maximum absolute atomic E-state index is 12.1. The zero-order valence-corrected chi connectivity index (χ0v) is 11.8. The van der Waals surface area contributed by atoms with E-state index in [1.54, 1.807) is 0 Å². The first-order valence-corrected chi connectivity index (χ1v) is 7.71. The van der Waals surface area contributed by atoms with Crippen molar-refractivity contribution in [3.05, 3.63) is 28.8 Å². The van der Waals surface area contributed by atoms with Crippen LogP contribution in [0.3, 0.4) is 0 Å². The molecule has 2 N–H and O–H groups in total. The van der Waals surface area contributed by atoms with E-state index >= 15 is 0 Å². The average molecular weight is 304 g/mol. The molecule has 7 heteroatoms. The summed E-state index contributed by atoms with van der Waals surface area (Å²) in [7, 11) is -3.78. The minimum absolute atomic E-state index is 0.0184. The predicted octanol–water partition coefficient (Wildman–Crippen LogP) is 2.12. The Hall–Kier alpha value is -1.11. The fourth-order valence-corrected chi connectivity index (χ4v) is 3.91. The van der Waals surface area contributed by atoms with Gasteiger partial charge < -0.3 is 5.11 Å². The molecule has 1 aromatic rings. The van der Waals surface area contributed by atoms with Gasteiger partial charge in [-0.05, 0) is 37.0 Å². The van der Waals surface area contributed by atoms with E-state index in [0.717, 1.165) is 18.9 Å². The van der Waals surface area contributed by atoms with Crippen LogP contribution in [0.2, 0.25) is 5.02 Å². The first-order chi connectivity index (χ1) is 8.79. The molecular formula is C12H14ClNO4S. The zero-order chi connectivity index (χ0) is 14.2. The topological polar surface area (TPSA) is 83.5 Å². The van der Waals surface area contributed by atoms with Gasteiger partial charge in [0.2, 0.25) is 10.0 Å². The SMILES string of the molecule is CC1CC(NS(=O)(=O)c2cc(C(=O)O)ccc2Cl)C1. The molecule has 104 valence electrons. The molecule has 0 radical (unpaired) electrons. The Kier molecular flexibility index (Phi) is 3.85. The molecule has 1 fully saturated rings. The van der Waals surface area contributed by atoms with Gasteiger partial charge in [-0.2, -0.15) is 0 Å². The molecule has 0 saturated heterocycles. The van der Waals surface area contributed by atoms with E-state index in [9.17, 15) is 13.2 Å². The lowest BCUT2D eigenvalue weighted by atomic mass is 9.83. The van der Waals surface area contributed by atoms with Crippen LogP contribution >= 0.6 is 11.6 Å². The van der Waals surface area contributed by atoms with Crippen molar-refractivity contribution in [3.63, 3.8) is 0 Å². The summed E-state index contributed by atoms with van der Waals surface area (Å²) in [5.74, 6) is -0.682. The summed E-state index contributed by atoms with van der Waals surface area (Å²) in [6.07, 6.45) is 1.57. The Balaban J connectivity index is 2.29. The quantitative estimate of drug-likeness (QED) is 0.892. The third-order valence-corrected chi connectivity index (χ3v) is 5.17. The molecular weight excluding hydrogens is 290 g/mol. The van der Waals surface area contributed by atoms with E-state index < -0.39 is 16.0 Å². The van der Waals surface area contributed by atoms with Gasteiger partial charge in [0.25, 0.3) is 0 Å². The van der Waals surface area contributed by atoms with E-state index in [4.69, 9.17) is 16.7 Å². The lowest BCUT2D eigenvalue weighted by Gasteiger charge is -2.33. The number of benzene rings is 1. The second-order valence-corrected chi connectivity index (χ2v) is 6.93. The monoisotopic (exact) mass is 303 g/mol. The second-order valence-electron chi connectivity index (χ2n) is 4.85. The Labute approximate surface area is 116 Å². The molecule has 1 aliphatic rings. The van der Waals surface area contributed by atoms with Crippen molar-refractivity contribution in [2.45, 2.75) is 30.7 Å². The largest absolute Gasteiger partial charge is 0.478 e. The summed E-state index contributed by atoms with van der Waals surface area (Å²) in [4.78, 5) is 10.7. The zero-order valence-electron chi connectivity index (χ0n) is 10.3. The fourth-order valence-electron chi connectivity index (χ4n) is 2.12. The van der Waals surface area contributed by atoms with Gasteiger partial charge in [0, 0.05) is 6.04 Å². The van der Waals surface area contributed by atoms with E-state index in [2.05, 4.69) is 4.72 Å². The molecule has 0 heterocycles. The smallest absolute Gasteiger partial charge is 0.335 e. The van der Waals surface area contributed by atoms with E-state index in [1.165, 1.54) is 12.1 Å². The van der Waals surface area contributed by atoms with E-state index in [1.807, 2.05) is 6.92 Å². The van der Waals surface area contributed by atoms with Crippen LogP contribution in [0.1, 0.15) is 30.1 Å². The van der Waals surface area contributed by atoms with Crippen LogP contribution in [0.15, 0.2) is 23.1 Å². The molecule has 0 amide bonds. The fraction of sp³-hybridized carbons (Fsp3) is 0.417. The standard InChI is InChI=1S/C12H14ClNO4S/c1-7-4-9(5-7)14-19(17,18)11-6-8(12(15)16)2-3-10(11)13/h2-3,6-7,9,14H,4-5H2,1H3,(H,15,16). The molecule has 0 spiro atoms. The van der Waals surface area contributed by atoms with Gasteiger partial charge in [0.05, 0.1) is 10.6 Å². The minimum Gasteiger partial charge on any atom is -0.478 e. The number of hydrogen-bond acceptors (Lipinski definition) is 3. The number of aromatic carboxylic acids is 1. The number of hydrogen-bond donors (Lipinski definition) is 2. The first kappa shape index (κ1) is 14.3. The third-order valence-electron chi connectivity index (χ3n) is 3.16. The lowest BCUT2D eigenvalue weighted by molar-refractivity contribution is 0.0696. The summed E-state index contributed by atoms with van der Waals surface area (Å²) in [5.41, 5.74) is -0.105. The van der Waals surface area contributed by atoms with Crippen LogP contribution in [0.5, 0.6) is 0 Å². The summed E-state index contributed by atoms with van der Waals surface area (Å²) < 4.78 is 26.8. The van der Waals surface area contributed by atoms with Crippen LogP contribution in [0.25, 0.3) is 0 Å². The molecule has 0 unspecified atom stereocenters. The molecule has 5 nitrogen and oxygen atoms in total. The average Bonchev–Trinajstić information content (AvgIpc) is 2.26. The number of halogens is 1. The number of nitrogens with one attached hydrogen (secondary N) is 1. The van der Waals surface area contributed by atoms with Crippen molar-refractivity contribution < 1.29 is 18.3 Å². The van der Waals surface area contributed by atoms with Gasteiger partial charge in [-0.15, -0.1) is 0 Å². The molecule has 1 aliphatic carbocycles. The summed E-state index contributed by atoms with van der Waals surface area (Å²) in [5, 5.41) is 8.90. The highest BCUT2D eigenvalue weighted by atomic mass is 35.5. The van der Waals surface area contributed by atoms with Crippen LogP contribution in [-0.2, 0) is 10.0 Å². The van der Waals surface area contributed by atoms with Gasteiger partial charge >= 0.3 is 5.97 Å². The van der Waals surface area contributed by atoms with Crippen molar-refractivity contribution in [1.82, 2.24) is 4.72 Å². The Morgan fingerprint density at radius 1 is 1.42 bits per heavy atom. The molecule has 0 aliphatic heterocycles. The van der Waals surface area contributed by atoms with Crippen molar-refractivity contribution in [3.8, 4) is 0 Å². The van der Waals surface area contributed by atoms with Gasteiger partial charge in [-0.25, -0.2) is 17.9 Å². The maximum Gasteiger partial charge on any atom is 0.335 e. The molecule has 19 heavy (non-hydrogen) atoms. The highest BCUT2D eigenvalue weighted by Gasteiger charge is 2.31. The van der Waals surface area contributed by atoms with Crippen molar-refractivity contribution in [2.75, 3.05) is 0 Å².